The largest absolute Gasteiger partial charge is 0.454 e. The van der Waals surface area contributed by atoms with E-state index in [1.54, 1.807) is 0 Å². The summed E-state index contributed by atoms with van der Waals surface area (Å²) in [5.74, 6) is 0. The molecule has 55 heavy (non-hydrogen) atoms. The third kappa shape index (κ3) is 5.32. The number of thiophene rings is 1. The van der Waals surface area contributed by atoms with Gasteiger partial charge < -0.3 is 9.32 Å². The lowest BCUT2D eigenvalue weighted by atomic mass is 9.94. The first kappa shape index (κ1) is 31.6. The molecule has 9 aromatic carbocycles. The molecule has 0 unspecified atom stereocenters. The summed E-state index contributed by atoms with van der Waals surface area (Å²) in [4.78, 5) is 2.37. The van der Waals surface area contributed by atoms with Gasteiger partial charge in [0.25, 0.3) is 0 Å². The molecule has 0 N–H and O–H groups in total. The van der Waals surface area contributed by atoms with Gasteiger partial charge in [-0.2, -0.15) is 0 Å². The smallest absolute Gasteiger partial charge is 0.159 e. The van der Waals surface area contributed by atoms with Crippen molar-refractivity contribution in [2.45, 2.75) is 0 Å². The summed E-state index contributed by atoms with van der Waals surface area (Å²) >= 11 is 1.85. The highest BCUT2D eigenvalue weighted by Crippen LogP contribution is 2.46. The van der Waals surface area contributed by atoms with Gasteiger partial charge in [-0.1, -0.05) is 146 Å². The number of nitrogens with zero attached hydrogens (tertiary/aromatic N) is 1. The van der Waals surface area contributed by atoms with Crippen LogP contribution >= 0.6 is 11.3 Å². The molecule has 2 heterocycles. The average molecular weight is 720 g/mol. The van der Waals surface area contributed by atoms with Gasteiger partial charge in [0.2, 0.25) is 0 Å². The van der Waals surface area contributed by atoms with Gasteiger partial charge >= 0.3 is 0 Å². The molecule has 2 nitrogen and oxygen atoms in total. The Morgan fingerprint density at radius 1 is 0.364 bits per heavy atom. The molecule has 0 aliphatic heterocycles. The van der Waals surface area contributed by atoms with Crippen molar-refractivity contribution in [2.24, 2.45) is 0 Å². The normalized spacial score (nSPS) is 11.6. The summed E-state index contributed by atoms with van der Waals surface area (Å²) in [7, 11) is 0. The minimum Gasteiger partial charge on any atom is -0.454 e. The zero-order valence-electron chi connectivity index (χ0n) is 29.8. The van der Waals surface area contributed by atoms with E-state index in [9.17, 15) is 0 Å². The zero-order valence-corrected chi connectivity index (χ0v) is 30.6. The van der Waals surface area contributed by atoms with Crippen LogP contribution in [-0.2, 0) is 0 Å². The summed E-state index contributed by atoms with van der Waals surface area (Å²) in [6, 6.07) is 72.2. The van der Waals surface area contributed by atoms with Crippen LogP contribution in [0, 0.1) is 0 Å². The maximum absolute atomic E-state index is 6.69. The SMILES string of the molecule is c1cc(-c2ccccc2N(c2ccc(-c3ccc4sc5ccccc5c4c3)cc2)c2cccc3c2oc2ccccc23)cc(-c2cccc3ccccc23)c1. The summed E-state index contributed by atoms with van der Waals surface area (Å²) in [6.45, 7) is 0. The van der Waals surface area contributed by atoms with Crippen LogP contribution in [0.15, 0.2) is 205 Å². The van der Waals surface area contributed by atoms with Crippen molar-refractivity contribution < 1.29 is 4.42 Å². The highest BCUT2D eigenvalue weighted by Gasteiger charge is 2.22. The monoisotopic (exact) mass is 719 g/mol. The van der Waals surface area contributed by atoms with E-state index in [0.29, 0.717) is 0 Å². The molecule has 0 amide bonds. The van der Waals surface area contributed by atoms with E-state index in [2.05, 4.69) is 199 Å². The number of fused-ring (bicyclic) bond motifs is 7. The Balaban J connectivity index is 1.08. The van der Waals surface area contributed by atoms with Crippen molar-refractivity contribution >= 4 is 81.3 Å². The predicted octanol–water partition coefficient (Wildman–Crippen LogP) is 15.6. The van der Waals surface area contributed by atoms with Crippen molar-refractivity contribution in [3.05, 3.63) is 200 Å². The molecule has 0 spiro atoms. The molecule has 0 aliphatic rings. The van der Waals surface area contributed by atoms with Gasteiger partial charge in [0, 0.05) is 42.2 Å². The van der Waals surface area contributed by atoms with E-state index < -0.39 is 0 Å². The zero-order chi connectivity index (χ0) is 36.3. The Morgan fingerprint density at radius 2 is 0.982 bits per heavy atom. The number of para-hydroxylation sites is 3. The number of hydrogen-bond acceptors (Lipinski definition) is 3. The Bertz CT molecular complexity index is 3220. The molecular formula is C52H33NOS. The molecule has 258 valence electrons. The van der Waals surface area contributed by atoms with Crippen LogP contribution in [0.5, 0.6) is 0 Å². The van der Waals surface area contributed by atoms with Crippen molar-refractivity contribution in [1.82, 2.24) is 0 Å². The number of rotatable bonds is 6. The predicted molar refractivity (Wildman–Crippen MR) is 235 cm³/mol. The van der Waals surface area contributed by atoms with Gasteiger partial charge in [0.05, 0.1) is 11.4 Å². The first-order valence-corrected chi connectivity index (χ1v) is 19.5. The lowest BCUT2D eigenvalue weighted by Gasteiger charge is -2.28. The molecule has 0 fully saturated rings. The summed E-state index contributed by atoms with van der Waals surface area (Å²) in [5, 5.41) is 7.32. The van der Waals surface area contributed by atoms with Crippen LogP contribution in [-0.4, -0.2) is 0 Å². The van der Waals surface area contributed by atoms with Crippen LogP contribution in [0.25, 0.3) is 86.3 Å². The Hall–Kier alpha value is -6.94. The van der Waals surface area contributed by atoms with E-state index in [1.165, 1.54) is 53.2 Å². The summed E-state index contributed by atoms with van der Waals surface area (Å²) in [5.41, 5.74) is 12.0. The summed E-state index contributed by atoms with van der Waals surface area (Å²) < 4.78 is 9.33. The molecule has 0 bridgehead atoms. The molecule has 3 heteroatoms. The Morgan fingerprint density at radius 3 is 1.89 bits per heavy atom. The molecular weight excluding hydrogens is 687 g/mol. The van der Waals surface area contributed by atoms with Crippen LogP contribution < -0.4 is 4.90 Å². The van der Waals surface area contributed by atoms with Crippen molar-refractivity contribution in [3.63, 3.8) is 0 Å². The number of anilines is 3. The Labute approximate surface area is 322 Å². The van der Waals surface area contributed by atoms with Gasteiger partial charge in [-0.25, -0.2) is 0 Å². The molecule has 0 atom stereocenters. The minimum absolute atomic E-state index is 0.863. The first-order valence-electron chi connectivity index (χ1n) is 18.7. The van der Waals surface area contributed by atoms with Gasteiger partial charge in [0.15, 0.2) is 5.58 Å². The second kappa shape index (κ2) is 12.9. The maximum Gasteiger partial charge on any atom is 0.159 e. The van der Waals surface area contributed by atoms with E-state index in [1.807, 2.05) is 17.4 Å². The number of furan rings is 1. The molecule has 0 saturated heterocycles. The number of hydrogen-bond donors (Lipinski definition) is 0. The second-order valence-corrected chi connectivity index (χ2v) is 15.2. The van der Waals surface area contributed by atoms with Crippen molar-refractivity contribution in [3.8, 4) is 33.4 Å². The number of benzene rings is 9. The van der Waals surface area contributed by atoms with E-state index in [4.69, 9.17) is 4.42 Å². The third-order valence-electron chi connectivity index (χ3n) is 10.9. The van der Waals surface area contributed by atoms with Gasteiger partial charge in [0.1, 0.15) is 5.58 Å². The minimum atomic E-state index is 0.863. The molecule has 2 aromatic heterocycles. The molecule has 11 rings (SSSR count). The first-order chi connectivity index (χ1) is 27.3. The van der Waals surface area contributed by atoms with Crippen LogP contribution in [0.4, 0.5) is 17.1 Å². The standard InChI is InChI=1S/C52H33NOS/c1-2-16-40-35(12-1)13-10-20-41(40)37-14-9-15-38(32-37)42-17-3-6-22-47(42)53(48-23-11-21-45-43-18-4-7-24-49(43)54-52(45)48)39-29-26-34(27-30-39)36-28-31-51-46(33-36)44-19-5-8-25-50(44)55-51/h1-33H. The fourth-order valence-corrected chi connectivity index (χ4v) is 9.36. The molecule has 11 aromatic rings. The van der Waals surface area contributed by atoms with E-state index in [-0.39, 0.29) is 0 Å². The van der Waals surface area contributed by atoms with Crippen molar-refractivity contribution in [1.29, 1.82) is 0 Å². The van der Waals surface area contributed by atoms with Crippen molar-refractivity contribution in [2.75, 3.05) is 4.90 Å². The van der Waals surface area contributed by atoms with Gasteiger partial charge in [-0.15, -0.1) is 11.3 Å². The van der Waals surface area contributed by atoms with Crippen LogP contribution in [0.3, 0.4) is 0 Å². The van der Waals surface area contributed by atoms with Gasteiger partial charge in [-0.05, 0) is 93.2 Å². The quantitative estimate of drug-likeness (QED) is 0.170. The maximum atomic E-state index is 6.69. The molecule has 0 aliphatic carbocycles. The van der Waals surface area contributed by atoms with Gasteiger partial charge in [-0.3, -0.25) is 0 Å². The molecule has 0 saturated carbocycles. The third-order valence-corrected chi connectivity index (χ3v) is 12.0. The highest BCUT2D eigenvalue weighted by molar-refractivity contribution is 7.25. The van der Waals surface area contributed by atoms with E-state index in [0.717, 1.165) is 50.1 Å². The fraction of sp³-hybridized carbons (Fsp3) is 0. The fourth-order valence-electron chi connectivity index (χ4n) is 8.27. The lowest BCUT2D eigenvalue weighted by Crippen LogP contribution is -2.11. The van der Waals surface area contributed by atoms with Crippen LogP contribution in [0.1, 0.15) is 0 Å². The van der Waals surface area contributed by atoms with Crippen LogP contribution in [0.2, 0.25) is 0 Å². The highest BCUT2D eigenvalue weighted by atomic mass is 32.1. The van der Waals surface area contributed by atoms with E-state index >= 15 is 0 Å². The average Bonchev–Trinajstić information content (AvgIpc) is 3.83. The second-order valence-electron chi connectivity index (χ2n) is 14.1. The Kier molecular flexibility index (Phi) is 7.39. The topological polar surface area (TPSA) is 16.4 Å². The summed E-state index contributed by atoms with van der Waals surface area (Å²) in [6.07, 6.45) is 0. The molecule has 0 radical (unpaired) electrons. The lowest BCUT2D eigenvalue weighted by molar-refractivity contribution is 0.669.